The number of urea groups is 1. The fraction of sp³-hybridized carbons (Fsp3) is 0.190. The highest BCUT2D eigenvalue weighted by Gasteiger charge is 2.37. The third kappa shape index (κ3) is 3.46. The first-order valence-corrected chi connectivity index (χ1v) is 8.71. The van der Waals surface area contributed by atoms with Crippen LogP contribution >= 0.6 is 0 Å². The summed E-state index contributed by atoms with van der Waals surface area (Å²) in [6.45, 7) is 1.93. The molecule has 3 rings (SSSR count). The monoisotopic (exact) mass is 380 g/mol. The van der Waals surface area contributed by atoms with Crippen LogP contribution in [0.4, 0.5) is 10.5 Å². The minimum absolute atomic E-state index is 0.141. The first-order valence-electron chi connectivity index (χ1n) is 8.71. The summed E-state index contributed by atoms with van der Waals surface area (Å²) in [7, 11) is 3.01. The molecule has 1 aliphatic rings. The normalized spacial score (nSPS) is 15.6. The number of nitrogens with zero attached hydrogens (tertiary/aromatic N) is 1. The number of hydrogen-bond acceptors (Lipinski definition) is 5. The second-order valence-corrected chi connectivity index (χ2v) is 6.05. The van der Waals surface area contributed by atoms with Gasteiger partial charge in [0.15, 0.2) is 11.5 Å². The number of rotatable bonds is 5. The van der Waals surface area contributed by atoms with Crippen molar-refractivity contribution in [1.82, 2.24) is 5.32 Å². The zero-order chi connectivity index (χ0) is 20.3. The minimum atomic E-state index is -0.764. The van der Waals surface area contributed by atoms with Gasteiger partial charge in [0.2, 0.25) is 0 Å². The van der Waals surface area contributed by atoms with Crippen LogP contribution < -0.4 is 19.7 Å². The van der Waals surface area contributed by atoms with Crippen LogP contribution in [-0.2, 0) is 16.0 Å². The van der Waals surface area contributed by atoms with E-state index in [4.69, 9.17) is 9.47 Å². The summed E-state index contributed by atoms with van der Waals surface area (Å²) in [6.07, 6.45) is 2.06. The van der Waals surface area contributed by atoms with Gasteiger partial charge in [-0.05, 0) is 41.8 Å². The number of barbiturate groups is 1. The standard InChI is InChI=1S/C21H20N2O5/c1-4-14-7-5-6-8-16(14)23-20(25)15(19(24)22-21(23)26)11-13-9-10-17(27-2)18(12-13)28-3/h5-12H,4H2,1-3H3,(H,22,24,26)/b15-11+. The molecule has 0 spiro atoms. The SMILES string of the molecule is CCc1ccccc1N1C(=O)NC(=O)/C(=C\c2ccc(OC)c(OC)c2)C1=O. The molecule has 144 valence electrons. The van der Waals surface area contributed by atoms with Crippen molar-refractivity contribution in [2.45, 2.75) is 13.3 Å². The maximum absolute atomic E-state index is 13.0. The van der Waals surface area contributed by atoms with Crippen LogP contribution in [0.2, 0.25) is 0 Å². The van der Waals surface area contributed by atoms with Crippen molar-refractivity contribution in [2.75, 3.05) is 19.1 Å². The van der Waals surface area contributed by atoms with Crippen molar-refractivity contribution in [1.29, 1.82) is 0 Å². The summed E-state index contributed by atoms with van der Waals surface area (Å²) >= 11 is 0. The number of aryl methyl sites for hydroxylation is 1. The van der Waals surface area contributed by atoms with E-state index in [-0.39, 0.29) is 5.57 Å². The van der Waals surface area contributed by atoms with Gasteiger partial charge in [-0.25, -0.2) is 9.69 Å². The van der Waals surface area contributed by atoms with Crippen molar-refractivity contribution >= 4 is 29.6 Å². The van der Waals surface area contributed by atoms with E-state index >= 15 is 0 Å². The van der Waals surface area contributed by atoms with Gasteiger partial charge in [-0.2, -0.15) is 0 Å². The number of imide groups is 2. The van der Waals surface area contributed by atoms with Gasteiger partial charge in [-0.1, -0.05) is 31.2 Å². The quantitative estimate of drug-likeness (QED) is 0.637. The number of carbonyl (C=O) groups is 3. The fourth-order valence-electron chi connectivity index (χ4n) is 3.01. The van der Waals surface area contributed by atoms with E-state index in [9.17, 15) is 14.4 Å². The summed E-state index contributed by atoms with van der Waals surface area (Å²) < 4.78 is 10.4. The molecule has 1 aliphatic heterocycles. The van der Waals surface area contributed by atoms with E-state index in [1.54, 1.807) is 30.3 Å². The molecule has 2 aromatic carbocycles. The van der Waals surface area contributed by atoms with Crippen molar-refractivity contribution in [3.63, 3.8) is 0 Å². The van der Waals surface area contributed by atoms with Gasteiger partial charge in [0, 0.05) is 0 Å². The number of nitrogens with one attached hydrogen (secondary N) is 1. The average molecular weight is 380 g/mol. The molecule has 0 saturated carbocycles. The highest BCUT2D eigenvalue weighted by molar-refractivity contribution is 6.39. The number of ether oxygens (including phenoxy) is 2. The average Bonchev–Trinajstić information content (AvgIpc) is 2.71. The second kappa shape index (κ2) is 7.96. The van der Waals surface area contributed by atoms with Crippen LogP contribution in [0.15, 0.2) is 48.0 Å². The summed E-state index contributed by atoms with van der Waals surface area (Å²) in [5.41, 5.74) is 1.70. The number of para-hydroxylation sites is 1. The summed E-state index contributed by atoms with van der Waals surface area (Å²) in [5, 5.41) is 2.23. The second-order valence-electron chi connectivity index (χ2n) is 6.05. The van der Waals surface area contributed by atoms with Crippen LogP contribution in [0.3, 0.4) is 0 Å². The van der Waals surface area contributed by atoms with Crippen LogP contribution in [0.5, 0.6) is 11.5 Å². The third-order valence-electron chi connectivity index (χ3n) is 4.43. The van der Waals surface area contributed by atoms with Gasteiger partial charge < -0.3 is 9.47 Å². The molecular weight excluding hydrogens is 360 g/mol. The highest BCUT2D eigenvalue weighted by atomic mass is 16.5. The highest BCUT2D eigenvalue weighted by Crippen LogP contribution is 2.30. The molecule has 0 atom stereocenters. The van der Waals surface area contributed by atoms with Gasteiger partial charge in [0.25, 0.3) is 11.8 Å². The van der Waals surface area contributed by atoms with E-state index in [1.165, 1.54) is 20.3 Å². The van der Waals surface area contributed by atoms with E-state index < -0.39 is 17.8 Å². The lowest BCUT2D eigenvalue weighted by Crippen LogP contribution is -2.54. The molecule has 1 heterocycles. The predicted octanol–water partition coefficient (Wildman–Crippen LogP) is 2.93. The largest absolute Gasteiger partial charge is 0.493 e. The lowest BCUT2D eigenvalue weighted by atomic mass is 10.0. The number of anilines is 1. The molecule has 0 unspecified atom stereocenters. The molecule has 1 fully saturated rings. The molecule has 0 radical (unpaired) electrons. The number of hydrogen-bond donors (Lipinski definition) is 1. The van der Waals surface area contributed by atoms with Gasteiger partial charge in [0.05, 0.1) is 19.9 Å². The van der Waals surface area contributed by atoms with Gasteiger partial charge >= 0.3 is 6.03 Å². The molecular formula is C21H20N2O5. The van der Waals surface area contributed by atoms with Crippen molar-refractivity contribution < 1.29 is 23.9 Å². The Hall–Kier alpha value is -3.61. The van der Waals surface area contributed by atoms with Gasteiger partial charge in [0.1, 0.15) is 5.57 Å². The Labute approximate surface area is 162 Å². The Morgan fingerprint density at radius 1 is 1.00 bits per heavy atom. The number of amides is 4. The Morgan fingerprint density at radius 3 is 2.39 bits per heavy atom. The Bertz CT molecular complexity index is 981. The van der Waals surface area contributed by atoms with Crippen LogP contribution in [0, 0.1) is 0 Å². The lowest BCUT2D eigenvalue weighted by molar-refractivity contribution is -0.122. The van der Waals surface area contributed by atoms with Gasteiger partial charge in [-0.3, -0.25) is 14.9 Å². The maximum atomic E-state index is 13.0. The first kappa shape index (κ1) is 19.2. The number of methoxy groups -OCH3 is 2. The summed E-state index contributed by atoms with van der Waals surface area (Å²) in [4.78, 5) is 38.7. The van der Waals surface area contributed by atoms with Crippen molar-refractivity contribution in [2.24, 2.45) is 0 Å². The third-order valence-corrected chi connectivity index (χ3v) is 4.43. The Morgan fingerprint density at radius 2 is 1.71 bits per heavy atom. The molecule has 0 aliphatic carbocycles. The molecule has 7 nitrogen and oxygen atoms in total. The van der Waals surface area contributed by atoms with E-state index in [2.05, 4.69) is 5.32 Å². The summed E-state index contributed by atoms with van der Waals surface area (Å²) in [6, 6.07) is 11.3. The minimum Gasteiger partial charge on any atom is -0.493 e. The van der Waals surface area contributed by atoms with Crippen molar-refractivity contribution in [3.8, 4) is 11.5 Å². The lowest BCUT2D eigenvalue weighted by Gasteiger charge is -2.28. The molecule has 1 N–H and O–H groups in total. The number of carbonyl (C=O) groups excluding carboxylic acids is 3. The van der Waals surface area contributed by atoms with E-state index in [1.807, 2.05) is 19.1 Å². The summed E-state index contributed by atoms with van der Waals surface area (Å²) in [5.74, 6) is -0.429. The van der Waals surface area contributed by atoms with Crippen LogP contribution in [0.1, 0.15) is 18.1 Å². The zero-order valence-corrected chi connectivity index (χ0v) is 15.8. The van der Waals surface area contributed by atoms with Crippen LogP contribution in [0.25, 0.3) is 6.08 Å². The predicted molar refractivity (Wildman–Crippen MR) is 104 cm³/mol. The zero-order valence-electron chi connectivity index (χ0n) is 15.8. The Balaban J connectivity index is 2.04. The molecule has 0 aromatic heterocycles. The smallest absolute Gasteiger partial charge is 0.335 e. The van der Waals surface area contributed by atoms with E-state index in [0.717, 1.165) is 10.5 Å². The van der Waals surface area contributed by atoms with Gasteiger partial charge in [-0.15, -0.1) is 0 Å². The molecule has 4 amide bonds. The fourth-order valence-corrected chi connectivity index (χ4v) is 3.01. The molecule has 7 heteroatoms. The van der Waals surface area contributed by atoms with Crippen LogP contribution in [-0.4, -0.2) is 32.1 Å². The molecule has 2 aromatic rings. The first-order chi connectivity index (χ1) is 13.5. The number of benzene rings is 2. The van der Waals surface area contributed by atoms with E-state index in [0.29, 0.717) is 29.2 Å². The topological polar surface area (TPSA) is 84.9 Å². The molecule has 28 heavy (non-hydrogen) atoms. The van der Waals surface area contributed by atoms with Crippen molar-refractivity contribution in [3.05, 3.63) is 59.2 Å². The molecule has 0 bridgehead atoms. The molecule has 1 saturated heterocycles. The maximum Gasteiger partial charge on any atom is 0.335 e. The Kier molecular flexibility index (Phi) is 5.44.